The number of hydrogen-bond donors (Lipinski definition) is 2. The summed E-state index contributed by atoms with van der Waals surface area (Å²) in [5.74, 6) is -0.758. The van der Waals surface area contributed by atoms with Crippen LogP contribution in [0.4, 0.5) is 0 Å². The highest BCUT2D eigenvalue weighted by atomic mass is 16.5. The number of aliphatic hydroxyl groups is 2. The molecule has 1 aromatic heterocycles. The summed E-state index contributed by atoms with van der Waals surface area (Å²) >= 11 is 0. The van der Waals surface area contributed by atoms with Gasteiger partial charge in [0.25, 0.3) is 0 Å². The number of fused-ring (bicyclic) bond motifs is 4. The second kappa shape index (κ2) is 6.42. The van der Waals surface area contributed by atoms with E-state index in [1.807, 2.05) is 26.8 Å². The number of ketones is 1. The summed E-state index contributed by atoms with van der Waals surface area (Å²) in [5, 5.41) is 23.4. The van der Waals surface area contributed by atoms with E-state index in [2.05, 4.69) is 0 Å². The van der Waals surface area contributed by atoms with Crippen LogP contribution < -0.4 is 0 Å². The van der Waals surface area contributed by atoms with E-state index in [0.29, 0.717) is 19.3 Å². The first-order chi connectivity index (χ1) is 13.4. The minimum Gasteiger partial charge on any atom is -0.469 e. The second-order valence-corrected chi connectivity index (χ2v) is 10.2. The monoisotopic (exact) mass is 404 g/mol. The molecule has 7 atom stereocenters. The van der Waals surface area contributed by atoms with Gasteiger partial charge in [0.05, 0.1) is 23.9 Å². The van der Waals surface area contributed by atoms with Crippen LogP contribution in [0.5, 0.6) is 0 Å². The molecule has 0 amide bonds. The van der Waals surface area contributed by atoms with Crippen LogP contribution in [0.3, 0.4) is 0 Å². The fraction of sp³-hybridized carbons (Fsp3) is 0.739. The molecule has 2 N–H and O–H groups in total. The van der Waals surface area contributed by atoms with E-state index >= 15 is 0 Å². The number of esters is 1. The molecule has 0 spiro atoms. The third-order valence-corrected chi connectivity index (χ3v) is 8.55. The summed E-state index contributed by atoms with van der Waals surface area (Å²) in [6.07, 6.45) is 2.26. The predicted molar refractivity (Wildman–Crippen MR) is 105 cm³/mol. The zero-order chi connectivity index (χ0) is 21.4. The Morgan fingerprint density at radius 1 is 1.24 bits per heavy atom. The van der Waals surface area contributed by atoms with Gasteiger partial charge in [-0.2, -0.15) is 0 Å². The Kier molecular flexibility index (Phi) is 4.56. The number of rotatable bonds is 2. The minimum atomic E-state index is -1.25. The van der Waals surface area contributed by atoms with Crippen molar-refractivity contribution in [2.75, 3.05) is 0 Å². The van der Waals surface area contributed by atoms with E-state index in [-0.39, 0.29) is 30.0 Å². The van der Waals surface area contributed by atoms with Gasteiger partial charge >= 0.3 is 5.97 Å². The number of carbonyl (C=O) groups is 2. The molecule has 3 aliphatic rings. The number of Topliss-reactive ketones (excluding diaryl/α,β-unsaturated/α-hetero) is 1. The molecule has 0 saturated heterocycles. The first-order valence-electron chi connectivity index (χ1n) is 10.6. The molecule has 2 fully saturated rings. The van der Waals surface area contributed by atoms with E-state index in [1.54, 1.807) is 13.2 Å². The van der Waals surface area contributed by atoms with Gasteiger partial charge in [0.1, 0.15) is 17.6 Å². The van der Waals surface area contributed by atoms with Crippen molar-refractivity contribution in [3.63, 3.8) is 0 Å². The fourth-order valence-corrected chi connectivity index (χ4v) is 7.02. The van der Waals surface area contributed by atoms with E-state index in [1.165, 1.54) is 6.92 Å². The number of hydrogen-bond acceptors (Lipinski definition) is 6. The van der Waals surface area contributed by atoms with Gasteiger partial charge in [-0.25, -0.2) is 0 Å². The number of aliphatic hydroxyl groups excluding tert-OH is 1. The maximum atomic E-state index is 12.7. The Hall–Kier alpha value is -1.66. The van der Waals surface area contributed by atoms with Crippen LogP contribution in [-0.4, -0.2) is 39.8 Å². The van der Waals surface area contributed by atoms with Gasteiger partial charge < -0.3 is 19.4 Å². The van der Waals surface area contributed by atoms with Crippen LogP contribution in [0.1, 0.15) is 71.1 Å². The highest BCUT2D eigenvalue weighted by Crippen LogP contribution is 2.67. The summed E-state index contributed by atoms with van der Waals surface area (Å²) in [5.41, 5.74) is -1.70. The van der Waals surface area contributed by atoms with Crippen LogP contribution in [0.25, 0.3) is 0 Å². The Morgan fingerprint density at radius 3 is 2.55 bits per heavy atom. The lowest BCUT2D eigenvalue weighted by Gasteiger charge is -2.68. The quantitative estimate of drug-likeness (QED) is 0.736. The predicted octanol–water partition coefficient (Wildman–Crippen LogP) is 2.99. The smallest absolute Gasteiger partial charge is 0.302 e. The third kappa shape index (κ3) is 2.61. The van der Waals surface area contributed by atoms with E-state index < -0.39 is 34.6 Å². The Labute approximate surface area is 171 Å². The molecule has 0 radical (unpaired) electrons. The standard InChI is InChI=1S/C23H32O6/c1-12(24)19-14-7-9-28-17(14)10-15-20(19)16(26)11-23(27)21(3,4)8-6-18(22(15,23)5)29-13(2)25/h7,9,15-16,18-20,26-27H,6,8,10-11H2,1-5H3. The Bertz CT molecular complexity index is 840. The van der Waals surface area contributed by atoms with Crippen molar-refractivity contribution in [3.05, 3.63) is 23.7 Å². The zero-order valence-corrected chi connectivity index (χ0v) is 17.9. The molecule has 2 saturated carbocycles. The summed E-state index contributed by atoms with van der Waals surface area (Å²) in [7, 11) is 0. The average Bonchev–Trinajstić information content (AvgIpc) is 3.08. The topological polar surface area (TPSA) is 97.0 Å². The lowest BCUT2D eigenvalue weighted by molar-refractivity contribution is -0.296. The van der Waals surface area contributed by atoms with Crippen molar-refractivity contribution >= 4 is 11.8 Å². The summed E-state index contributed by atoms with van der Waals surface area (Å²) < 4.78 is 11.5. The molecule has 29 heavy (non-hydrogen) atoms. The molecular formula is C23H32O6. The second-order valence-electron chi connectivity index (χ2n) is 10.2. The molecule has 6 heteroatoms. The van der Waals surface area contributed by atoms with Crippen molar-refractivity contribution in [1.82, 2.24) is 0 Å². The van der Waals surface area contributed by atoms with Crippen molar-refractivity contribution in [2.24, 2.45) is 22.7 Å². The highest BCUT2D eigenvalue weighted by molar-refractivity contribution is 5.84. The molecule has 1 heterocycles. The molecule has 0 bridgehead atoms. The lowest BCUT2D eigenvalue weighted by atomic mass is 9.39. The molecule has 6 nitrogen and oxygen atoms in total. The highest BCUT2D eigenvalue weighted by Gasteiger charge is 2.72. The fourth-order valence-electron chi connectivity index (χ4n) is 7.02. The molecular weight excluding hydrogens is 372 g/mol. The van der Waals surface area contributed by atoms with Crippen molar-refractivity contribution < 1.29 is 29.0 Å². The van der Waals surface area contributed by atoms with Crippen molar-refractivity contribution in [2.45, 2.75) is 84.0 Å². The molecule has 0 aromatic carbocycles. The molecule has 3 aliphatic carbocycles. The van der Waals surface area contributed by atoms with Gasteiger partial charge in [0.15, 0.2) is 0 Å². The lowest BCUT2D eigenvalue weighted by Crippen LogP contribution is -2.74. The van der Waals surface area contributed by atoms with Gasteiger partial charge in [0, 0.05) is 36.7 Å². The molecule has 1 aromatic rings. The zero-order valence-electron chi connectivity index (χ0n) is 17.9. The summed E-state index contributed by atoms with van der Waals surface area (Å²) in [6, 6.07) is 1.82. The van der Waals surface area contributed by atoms with E-state index in [0.717, 1.165) is 11.3 Å². The van der Waals surface area contributed by atoms with Crippen molar-refractivity contribution in [3.8, 4) is 0 Å². The van der Waals surface area contributed by atoms with Crippen LogP contribution in [0, 0.1) is 22.7 Å². The van der Waals surface area contributed by atoms with Gasteiger partial charge in [-0.1, -0.05) is 20.8 Å². The Morgan fingerprint density at radius 2 is 1.93 bits per heavy atom. The van der Waals surface area contributed by atoms with E-state index in [4.69, 9.17) is 9.15 Å². The molecule has 0 aliphatic heterocycles. The third-order valence-electron chi connectivity index (χ3n) is 8.55. The summed E-state index contributed by atoms with van der Waals surface area (Å²) in [6.45, 7) is 8.96. The SMILES string of the molecule is CC(=O)OC1CCC(C)(C)C2(O)CC(O)C3C(C(C)=O)c4ccoc4CC3C12C. The number of ether oxygens (including phenoxy) is 1. The summed E-state index contributed by atoms with van der Waals surface area (Å²) in [4.78, 5) is 24.6. The van der Waals surface area contributed by atoms with Crippen LogP contribution in [0.2, 0.25) is 0 Å². The average molecular weight is 405 g/mol. The molecule has 7 unspecified atom stereocenters. The van der Waals surface area contributed by atoms with Gasteiger partial charge in [-0.3, -0.25) is 9.59 Å². The number of furan rings is 1. The first-order valence-corrected chi connectivity index (χ1v) is 10.6. The minimum absolute atomic E-state index is 0.0189. The number of carbonyl (C=O) groups excluding carboxylic acids is 2. The maximum Gasteiger partial charge on any atom is 0.302 e. The van der Waals surface area contributed by atoms with Gasteiger partial charge in [0.2, 0.25) is 0 Å². The van der Waals surface area contributed by atoms with Crippen molar-refractivity contribution in [1.29, 1.82) is 0 Å². The van der Waals surface area contributed by atoms with Crippen LogP contribution >= 0.6 is 0 Å². The molecule has 160 valence electrons. The molecule has 4 rings (SSSR count). The van der Waals surface area contributed by atoms with Crippen LogP contribution in [-0.2, 0) is 20.7 Å². The first kappa shape index (κ1) is 20.6. The maximum absolute atomic E-state index is 12.7. The van der Waals surface area contributed by atoms with E-state index in [9.17, 15) is 19.8 Å². The van der Waals surface area contributed by atoms with Crippen LogP contribution in [0.15, 0.2) is 16.7 Å². The Balaban J connectivity index is 1.91. The van der Waals surface area contributed by atoms with Gasteiger partial charge in [-0.15, -0.1) is 0 Å². The normalized spacial score (nSPS) is 42.9. The largest absolute Gasteiger partial charge is 0.469 e. The van der Waals surface area contributed by atoms with Gasteiger partial charge in [-0.05, 0) is 37.2 Å².